The zero-order valence-corrected chi connectivity index (χ0v) is 50.9. The molecule has 0 saturated carbocycles. The van der Waals surface area contributed by atoms with Gasteiger partial charge in [0.2, 0.25) is 0 Å². The van der Waals surface area contributed by atoms with Crippen molar-refractivity contribution in [1.29, 1.82) is 0 Å². The predicted molar refractivity (Wildman–Crippen MR) is 386 cm³/mol. The van der Waals surface area contributed by atoms with E-state index in [4.69, 9.17) is 0 Å². The number of nitrogens with zero attached hydrogens (tertiary/aromatic N) is 5. The molecule has 5 heterocycles. The van der Waals surface area contributed by atoms with E-state index in [0.717, 1.165) is 22.7 Å². The first-order valence-electron chi connectivity index (χ1n) is 31.5. The summed E-state index contributed by atoms with van der Waals surface area (Å²) < 4.78 is 9.86. The van der Waals surface area contributed by atoms with Crippen molar-refractivity contribution in [2.24, 2.45) is 0 Å². The molecule has 14 aromatic carbocycles. The van der Waals surface area contributed by atoms with Crippen molar-refractivity contribution in [2.45, 2.75) is 0 Å². The third-order valence-electron chi connectivity index (χ3n) is 19.8. The molecule has 0 bridgehead atoms. The van der Waals surface area contributed by atoms with Gasteiger partial charge in [0.25, 0.3) is 0 Å². The van der Waals surface area contributed by atoms with Crippen molar-refractivity contribution < 1.29 is 0 Å². The fourth-order valence-corrected chi connectivity index (χ4v) is 21.1. The minimum atomic E-state index is -3.13. The Morgan fingerprint density at radius 2 is 0.527 bits per heavy atom. The zero-order chi connectivity index (χ0) is 59.9. The van der Waals surface area contributed by atoms with Crippen LogP contribution in [0, 0.1) is 0 Å². The summed E-state index contributed by atoms with van der Waals surface area (Å²) in [7, 11) is -0.870. The Balaban J connectivity index is 0.761. The van der Waals surface area contributed by atoms with Crippen LogP contribution >= 0.6 is 0 Å². The van der Waals surface area contributed by atoms with Crippen LogP contribution in [0.25, 0.3) is 132 Å². The predicted octanol–water partition coefficient (Wildman–Crippen LogP) is 18.9. The minimum absolute atomic E-state index is 1.12. The molecule has 0 saturated heterocycles. The summed E-state index contributed by atoms with van der Waals surface area (Å²) >= 11 is 0. The summed E-state index contributed by atoms with van der Waals surface area (Å²) in [6.07, 6.45) is 0. The van der Waals surface area contributed by atoms with Crippen molar-refractivity contribution in [3.63, 3.8) is 0 Å². The van der Waals surface area contributed by atoms with Crippen LogP contribution in [0.15, 0.2) is 328 Å². The third kappa shape index (κ3) is 7.51. The summed E-state index contributed by atoms with van der Waals surface area (Å²) in [5.74, 6) is 0. The van der Waals surface area contributed by atoms with Crippen LogP contribution in [0.3, 0.4) is 0 Å². The van der Waals surface area contributed by atoms with Gasteiger partial charge in [0.05, 0.1) is 44.1 Å². The molecule has 19 rings (SSSR count). The standard InChI is InChI=1S/C85H57N5Si/c1-86-81-48-44-62(89-76-38-16-10-32-68(76)69-33-11-17-39-77(69)89)54-84(81)91(64-26-4-2-5-27-64,65-28-6-3-7-29-65)85-55-63(45-49-82(85)86)90-78-40-18-12-34-70(78)72-46-42-59(53-83(72)90)58-43-47-80-73(52-58)71-35-13-19-41-79(71)88(80)61-25-21-23-57(51-61)56-22-20-24-60(50-56)87-74-36-14-8-30-66(74)67-31-9-15-37-75(67)87/h2-55H,1H3. The maximum Gasteiger partial charge on any atom is 0.184 e. The number of anilines is 2. The molecule has 91 heavy (non-hydrogen) atoms. The second kappa shape index (κ2) is 19.9. The lowest BCUT2D eigenvalue weighted by Crippen LogP contribution is -2.77. The van der Waals surface area contributed by atoms with E-state index in [1.807, 2.05) is 0 Å². The van der Waals surface area contributed by atoms with Gasteiger partial charge in [-0.2, -0.15) is 0 Å². The van der Waals surface area contributed by atoms with E-state index >= 15 is 0 Å². The fraction of sp³-hybridized carbons (Fsp3) is 0.0118. The molecule has 0 spiro atoms. The van der Waals surface area contributed by atoms with Crippen LogP contribution in [0.5, 0.6) is 0 Å². The molecule has 0 radical (unpaired) electrons. The van der Waals surface area contributed by atoms with E-state index in [1.54, 1.807) is 0 Å². The van der Waals surface area contributed by atoms with Crippen molar-refractivity contribution in [1.82, 2.24) is 18.3 Å². The van der Waals surface area contributed by atoms with Gasteiger partial charge in [0.15, 0.2) is 8.07 Å². The van der Waals surface area contributed by atoms with Gasteiger partial charge in [-0.25, -0.2) is 0 Å². The number of benzene rings is 14. The summed E-state index contributed by atoms with van der Waals surface area (Å²) in [5.41, 5.74) is 21.2. The number of rotatable bonds is 8. The zero-order valence-electron chi connectivity index (χ0n) is 49.9. The molecular formula is C85H57N5Si. The molecule has 18 aromatic rings. The van der Waals surface area contributed by atoms with Gasteiger partial charge in [-0.05, 0) is 158 Å². The number of hydrogen-bond donors (Lipinski definition) is 0. The average molecular weight is 1180 g/mol. The summed E-state index contributed by atoms with van der Waals surface area (Å²) in [6, 6.07) is 123. The monoisotopic (exact) mass is 1180 g/mol. The first-order valence-corrected chi connectivity index (χ1v) is 33.5. The summed E-state index contributed by atoms with van der Waals surface area (Å²) in [5, 5.41) is 15.4. The Labute approximate surface area is 527 Å². The van der Waals surface area contributed by atoms with Crippen molar-refractivity contribution >= 4 is 127 Å². The molecule has 5 nitrogen and oxygen atoms in total. The molecule has 0 fully saturated rings. The highest BCUT2D eigenvalue weighted by atomic mass is 28.3. The topological polar surface area (TPSA) is 23.0 Å². The van der Waals surface area contributed by atoms with E-state index in [9.17, 15) is 0 Å². The number of hydrogen-bond acceptors (Lipinski definition) is 1. The normalized spacial score (nSPS) is 13.0. The van der Waals surface area contributed by atoms with Crippen molar-refractivity contribution in [3.05, 3.63) is 328 Å². The maximum absolute atomic E-state index is 3.13. The van der Waals surface area contributed by atoms with Gasteiger partial charge in [-0.3, -0.25) is 0 Å². The lowest BCUT2D eigenvalue weighted by Gasteiger charge is -2.44. The first kappa shape index (κ1) is 51.4. The van der Waals surface area contributed by atoms with Crippen LogP contribution in [0.4, 0.5) is 11.4 Å². The van der Waals surface area contributed by atoms with Crippen LogP contribution in [-0.2, 0) is 0 Å². The lowest BCUT2D eigenvalue weighted by atomic mass is 10.0. The average Bonchev–Trinajstić information content (AvgIpc) is 1.52. The molecule has 6 heteroatoms. The largest absolute Gasteiger partial charge is 0.345 e. The SMILES string of the molecule is CN1c2ccc(-n3c4ccccc4c4ccccc43)cc2[Si](c2ccccc2)(c2ccccc2)c2cc(-n3c4ccccc4c4ccc(-c5ccc6c(c5)c5ccccc5n6-c5cccc(-c6cccc(-n7c8ccccc8c8ccccc87)c6)c5)cc43)ccc21. The summed E-state index contributed by atoms with van der Waals surface area (Å²) in [4.78, 5) is 2.45. The Morgan fingerprint density at radius 3 is 0.956 bits per heavy atom. The first-order chi connectivity index (χ1) is 45.1. The van der Waals surface area contributed by atoms with Gasteiger partial charge < -0.3 is 23.2 Å². The molecule has 1 aliphatic rings. The van der Waals surface area contributed by atoms with Gasteiger partial charge in [0.1, 0.15) is 0 Å². The van der Waals surface area contributed by atoms with E-state index in [0.29, 0.717) is 0 Å². The van der Waals surface area contributed by atoms with Crippen LogP contribution < -0.4 is 25.6 Å². The number of para-hydroxylation sites is 6. The van der Waals surface area contributed by atoms with Gasteiger partial charge in [0, 0.05) is 84.3 Å². The third-order valence-corrected chi connectivity index (χ3v) is 24.6. The van der Waals surface area contributed by atoms with Crippen molar-refractivity contribution in [2.75, 3.05) is 11.9 Å². The van der Waals surface area contributed by atoms with Crippen LogP contribution in [0.2, 0.25) is 0 Å². The molecular weight excluding hydrogens is 1120 g/mol. The van der Waals surface area contributed by atoms with Crippen LogP contribution in [0.1, 0.15) is 0 Å². The number of fused-ring (bicyclic) bond motifs is 14. The van der Waals surface area contributed by atoms with Crippen LogP contribution in [-0.4, -0.2) is 33.4 Å². The lowest BCUT2D eigenvalue weighted by molar-refractivity contribution is 1.16. The maximum atomic E-state index is 2.56. The minimum Gasteiger partial charge on any atom is -0.345 e. The van der Waals surface area contributed by atoms with Gasteiger partial charge >= 0.3 is 0 Å². The molecule has 0 aliphatic carbocycles. The molecule has 0 N–H and O–H groups in total. The van der Waals surface area contributed by atoms with Gasteiger partial charge in [-0.1, -0.05) is 212 Å². The molecule has 4 aromatic heterocycles. The Morgan fingerprint density at radius 1 is 0.209 bits per heavy atom. The molecule has 426 valence electrons. The molecule has 0 unspecified atom stereocenters. The highest BCUT2D eigenvalue weighted by Crippen LogP contribution is 2.42. The number of aromatic nitrogens is 4. The Hall–Kier alpha value is -11.7. The molecule has 1 aliphatic heterocycles. The molecule has 0 amide bonds. The van der Waals surface area contributed by atoms with E-state index in [1.165, 1.54) is 142 Å². The van der Waals surface area contributed by atoms with E-state index in [-0.39, 0.29) is 0 Å². The van der Waals surface area contributed by atoms with E-state index < -0.39 is 8.07 Å². The van der Waals surface area contributed by atoms with Crippen molar-refractivity contribution in [3.8, 4) is 45.0 Å². The second-order valence-corrected chi connectivity index (χ2v) is 28.2. The molecule has 0 atom stereocenters. The quantitative estimate of drug-likeness (QED) is 0.139. The highest BCUT2D eigenvalue weighted by Gasteiger charge is 2.48. The Bertz CT molecular complexity index is 5860. The summed E-state index contributed by atoms with van der Waals surface area (Å²) in [6.45, 7) is 0. The fourth-order valence-electron chi connectivity index (χ4n) is 15.9. The van der Waals surface area contributed by atoms with Gasteiger partial charge in [-0.15, -0.1) is 0 Å². The van der Waals surface area contributed by atoms with E-state index in [2.05, 4.69) is 358 Å². The Kier molecular flexibility index (Phi) is 11.2. The smallest absolute Gasteiger partial charge is 0.184 e. The second-order valence-electron chi connectivity index (χ2n) is 24.5. The highest BCUT2D eigenvalue weighted by molar-refractivity contribution is 7.21.